The van der Waals surface area contributed by atoms with E-state index in [0.29, 0.717) is 11.3 Å². The van der Waals surface area contributed by atoms with Crippen molar-refractivity contribution in [1.82, 2.24) is 0 Å². The molecule has 27 heavy (non-hydrogen) atoms. The smallest absolute Gasteiger partial charge is 0.338 e. The molecule has 1 aliphatic carbocycles. The number of nitrogens with one attached hydrogen (secondary N) is 1. The first-order chi connectivity index (χ1) is 13.0. The summed E-state index contributed by atoms with van der Waals surface area (Å²) in [6.07, 6.45) is 5.75. The van der Waals surface area contributed by atoms with Crippen molar-refractivity contribution in [3.63, 3.8) is 0 Å². The standard InChI is InChI=1S/C22H21NO4/c1-22(14-26-21(25)16-5-3-2-4-6-16)12-11-17-13-18(9-10-19(17)27-22)23-20(24)15-7-8-15/h2-6,9-13,15H,7-8,14H2,1H3,(H,23,24). The Labute approximate surface area is 158 Å². The van der Waals surface area contributed by atoms with E-state index in [1.807, 2.05) is 43.3 Å². The van der Waals surface area contributed by atoms with E-state index in [9.17, 15) is 9.59 Å². The van der Waals surface area contributed by atoms with E-state index in [2.05, 4.69) is 5.32 Å². The number of hydrogen-bond acceptors (Lipinski definition) is 4. The van der Waals surface area contributed by atoms with Gasteiger partial charge in [-0.05, 0) is 56.2 Å². The summed E-state index contributed by atoms with van der Waals surface area (Å²) in [6.45, 7) is 1.98. The van der Waals surface area contributed by atoms with Crippen LogP contribution in [-0.4, -0.2) is 24.1 Å². The Kier molecular flexibility index (Phi) is 4.44. The van der Waals surface area contributed by atoms with Crippen LogP contribution < -0.4 is 10.1 Å². The molecular formula is C22H21NO4. The Bertz CT molecular complexity index is 902. The molecule has 1 saturated carbocycles. The molecule has 0 bridgehead atoms. The molecule has 5 nitrogen and oxygen atoms in total. The summed E-state index contributed by atoms with van der Waals surface area (Å²) in [6, 6.07) is 14.4. The second kappa shape index (κ2) is 6.91. The maximum absolute atomic E-state index is 12.1. The molecule has 4 rings (SSSR count). The Hall–Kier alpha value is -3.08. The molecule has 0 radical (unpaired) electrons. The van der Waals surface area contributed by atoms with Crippen molar-refractivity contribution in [2.24, 2.45) is 5.92 Å². The summed E-state index contributed by atoms with van der Waals surface area (Å²) in [5, 5.41) is 2.94. The van der Waals surface area contributed by atoms with Gasteiger partial charge in [-0.25, -0.2) is 4.79 Å². The molecule has 1 N–H and O–H groups in total. The zero-order chi connectivity index (χ0) is 18.9. The van der Waals surface area contributed by atoms with Gasteiger partial charge in [0.15, 0.2) is 5.60 Å². The summed E-state index contributed by atoms with van der Waals surface area (Å²) in [4.78, 5) is 24.0. The minimum absolute atomic E-state index is 0.0771. The van der Waals surface area contributed by atoms with Crippen molar-refractivity contribution in [3.8, 4) is 5.75 Å². The van der Waals surface area contributed by atoms with Crippen LogP contribution in [0, 0.1) is 5.92 Å². The van der Waals surface area contributed by atoms with Gasteiger partial charge in [0, 0.05) is 17.2 Å². The van der Waals surface area contributed by atoms with Gasteiger partial charge in [0.05, 0.1) is 5.56 Å². The van der Waals surface area contributed by atoms with Crippen molar-refractivity contribution < 1.29 is 19.1 Å². The zero-order valence-electron chi connectivity index (χ0n) is 15.1. The number of carbonyl (C=O) groups excluding carboxylic acids is 2. The monoisotopic (exact) mass is 363 g/mol. The number of rotatable bonds is 5. The van der Waals surface area contributed by atoms with Gasteiger partial charge in [0.2, 0.25) is 5.91 Å². The lowest BCUT2D eigenvalue weighted by Crippen LogP contribution is -2.38. The van der Waals surface area contributed by atoms with Gasteiger partial charge in [-0.3, -0.25) is 4.79 Å². The fraction of sp³-hybridized carbons (Fsp3) is 0.273. The number of fused-ring (bicyclic) bond motifs is 1. The normalized spacial score (nSPS) is 20.3. The number of esters is 1. The van der Waals surface area contributed by atoms with E-state index in [0.717, 1.165) is 24.1 Å². The van der Waals surface area contributed by atoms with Crippen LogP contribution >= 0.6 is 0 Å². The third-order valence-electron chi connectivity index (χ3n) is 4.68. The Balaban J connectivity index is 1.40. The second-order valence-electron chi connectivity index (χ2n) is 7.21. The van der Waals surface area contributed by atoms with Crippen LogP contribution in [0.1, 0.15) is 35.7 Å². The van der Waals surface area contributed by atoms with Crippen LogP contribution in [0.15, 0.2) is 54.6 Å². The van der Waals surface area contributed by atoms with E-state index in [1.54, 1.807) is 24.3 Å². The predicted molar refractivity (Wildman–Crippen MR) is 103 cm³/mol. The second-order valence-corrected chi connectivity index (χ2v) is 7.21. The highest BCUT2D eigenvalue weighted by atomic mass is 16.6. The minimum atomic E-state index is -0.740. The number of anilines is 1. The van der Waals surface area contributed by atoms with Crippen LogP contribution in [-0.2, 0) is 9.53 Å². The number of carbonyl (C=O) groups is 2. The lowest BCUT2D eigenvalue weighted by molar-refractivity contribution is -0.117. The van der Waals surface area contributed by atoms with Crippen LogP contribution in [0.5, 0.6) is 5.75 Å². The molecule has 138 valence electrons. The lowest BCUT2D eigenvalue weighted by atomic mass is 10.0. The third-order valence-corrected chi connectivity index (χ3v) is 4.68. The summed E-state index contributed by atoms with van der Waals surface area (Å²) in [7, 11) is 0. The predicted octanol–water partition coefficient (Wildman–Crippen LogP) is 4.06. The highest BCUT2D eigenvalue weighted by Gasteiger charge is 2.31. The fourth-order valence-electron chi connectivity index (χ4n) is 2.93. The molecule has 0 aromatic heterocycles. The van der Waals surface area contributed by atoms with Crippen molar-refractivity contribution in [2.45, 2.75) is 25.4 Å². The average Bonchev–Trinajstić information content (AvgIpc) is 3.52. The van der Waals surface area contributed by atoms with Crippen molar-refractivity contribution in [1.29, 1.82) is 0 Å². The summed E-state index contributed by atoms with van der Waals surface area (Å²) in [5.74, 6) is 0.557. The molecule has 1 atom stereocenters. The fourth-order valence-corrected chi connectivity index (χ4v) is 2.93. The van der Waals surface area contributed by atoms with E-state index >= 15 is 0 Å². The molecule has 5 heteroatoms. The Morgan fingerprint density at radius 3 is 2.70 bits per heavy atom. The van der Waals surface area contributed by atoms with Crippen molar-refractivity contribution >= 4 is 23.6 Å². The number of amides is 1. The largest absolute Gasteiger partial charge is 0.479 e. The van der Waals surface area contributed by atoms with Gasteiger partial charge >= 0.3 is 5.97 Å². The molecule has 2 aromatic carbocycles. The highest BCUT2D eigenvalue weighted by molar-refractivity contribution is 5.94. The molecule has 0 spiro atoms. The minimum Gasteiger partial charge on any atom is -0.479 e. The molecule has 1 unspecified atom stereocenters. The highest BCUT2D eigenvalue weighted by Crippen LogP contribution is 2.34. The van der Waals surface area contributed by atoms with Gasteiger partial charge < -0.3 is 14.8 Å². The van der Waals surface area contributed by atoms with E-state index in [4.69, 9.17) is 9.47 Å². The molecule has 2 aliphatic rings. The number of ether oxygens (including phenoxy) is 2. The zero-order valence-corrected chi connectivity index (χ0v) is 15.1. The number of hydrogen-bond donors (Lipinski definition) is 1. The maximum Gasteiger partial charge on any atom is 0.338 e. The van der Waals surface area contributed by atoms with Gasteiger partial charge in [0.25, 0.3) is 0 Å². The van der Waals surface area contributed by atoms with Crippen LogP contribution in [0.4, 0.5) is 5.69 Å². The average molecular weight is 363 g/mol. The summed E-state index contributed by atoms with van der Waals surface area (Å²) in [5.41, 5.74) is 1.42. The first-order valence-electron chi connectivity index (χ1n) is 9.08. The molecule has 1 fully saturated rings. The molecule has 2 aromatic rings. The first kappa shape index (κ1) is 17.3. The van der Waals surface area contributed by atoms with Crippen LogP contribution in [0.2, 0.25) is 0 Å². The molecule has 1 heterocycles. The quantitative estimate of drug-likeness (QED) is 0.814. The van der Waals surface area contributed by atoms with E-state index in [1.165, 1.54) is 0 Å². The SMILES string of the molecule is CC1(COC(=O)c2ccccc2)C=Cc2cc(NC(=O)C3CC3)ccc2O1. The number of benzene rings is 2. The summed E-state index contributed by atoms with van der Waals surface area (Å²) < 4.78 is 11.5. The van der Waals surface area contributed by atoms with E-state index < -0.39 is 5.60 Å². The van der Waals surface area contributed by atoms with Gasteiger partial charge in [-0.2, -0.15) is 0 Å². The van der Waals surface area contributed by atoms with Crippen molar-refractivity contribution in [2.75, 3.05) is 11.9 Å². The molecule has 1 aliphatic heterocycles. The Morgan fingerprint density at radius 2 is 1.96 bits per heavy atom. The third kappa shape index (κ3) is 4.03. The lowest BCUT2D eigenvalue weighted by Gasteiger charge is -2.31. The van der Waals surface area contributed by atoms with Crippen molar-refractivity contribution in [3.05, 3.63) is 65.7 Å². The summed E-state index contributed by atoms with van der Waals surface area (Å²) >= 11 is 0. The maximum atomic E-state index is 12.1. The van der Waals surface area contributed by atoms with Crippen LogP contribution in [0.25, 0.3) is 6.08 Å². The van der Waals surface area contributed by atoms with E-state index in [-0.39, 0.29) is 24.4 Å². The first-order valence-corrected chi connectivity index (χ1v) is 9.08. The Morgan fingerprint density at radius 1 is 1.19 bits per heavy atom. The van der Waals surface area contributed by atoms with Gasteiger partial charge in [-0.15, -0.1) is 0 Å². The topological polar surface area (TPSA) is 64.6 Å². The van der Waals surface area contributed by atoms with Gasteiger partial charge in [-0.1, -0.05) is 24.3 Å². The molecule has 1 amide bonds. The van der Waals surface area contributed by atoms with Crippen LogP contribution in [0.3, 0.4) is 0 Å². The van der Waals surface area contributed by atoms with Gasteiger partial charge in [0.1, 0.15) is 12.4 Å². The molecule has 0 saturated heterocycles. The molecular weight excluding hydrogens is 342 g/mol.